The molecule has 3 rings (SSSR count). The normalized spacial score (nSPS) is 20.1. The van der Waals surface area contributed by atoms with Crippen LogP contribution in [0.1, 0.15) is 62.9 Å². The van der Waals surface area contributed by atoms with Crippen LogP contribution in [0.4, 0.5) is 13.6 Å². The number of fused-ring (bicyclic) bond motifs is 1. The van der Waals surface area contributed by atoms with Gasteiger partial charge in [-0.2, -0.15) is 8.78 Å². The molecule has 0 N–H and O–H groups in total. The molecule has 156 valence electrons. The van der Waals surface area contributed by atoms with Gasteiger partial charge in [-0.15, -0.1) is 0 Å². The van der Waals surface area contributed by atoms with Gasteiger partial charge in [0.15, 0.2) is 0 Å². The smallest absolute Gasteiger partial charge is 0.410 e. The van der Waals surface area contributed by atoms with Crippen LogP contribution in [0.3, 0.4) is 0 Å². The fraction of sp³-hybridized carbons (Fsp3) is 0.722. The number of hydrogen-bond donors (Lipinski definition) is 0. The monoisotopic (exact) mass is 417 g/mol. The van der Waals surface area contributed by atoms with Gasteiger partial charge < -0.3 is 9.64 Å². The molecule has 0 aromatic carbocycles. The number of likely N-dealkylation sites (tertiary alicyclic amines) is 1. The van der Waals surface area contributed by atoms with Crippen LogP contribution in [0.5, 0.6) is 0 Å². The molecule has 1 aliphatic heterocycles. The number of alkyl halides is 2. The van der Waals surface area contributed by atoms with Crippen molar-refractivity contribution >= 4 is 15.9 Å². The molecule has 1 saturated heterocycles. The van der Waals surface area contributed by atoms with Gasteiger partial charge in [0.1, 0.15) is 11.3 Å². The lowest BCUT2D eigenvalue weighted by molar-refractivity contribution is -0.00657. The highest BCUT2D eigenvalue weighted by atomic mass is 32.2. The van der Waals surface area contributed by atoms with Gasteiger partial charge in [0.2, 0.25) is 15.0 Å². The number of hydrogen-bond acceptors (Lipinski definition) is 6. The first-order chi connectivity index (χ1) is 12.8. The van der Waals surface area contributed by atoms with E-state index in [1.54, 1.807) is 25.7 Å². The maximum atomic E-state index is 14.2. The fourth-order valence-electron chi connectivity index (χ4n) is 3.59. The molecule has 2 aliphatic rings. The molecule has 1 aromatic heterocycles. The van der Waals surface area contributed by atoms with Gasteiger partial charge in [-0.05, 0) is 40.0 Å². The topological polar surface area (TPSA) is 89.5 Å². The zero-order valence-electron chi connectivity index (χ0n) is 16.5. The molecular weight excluding hydrogens is 392 g/mol. The number of ether oxygens (including phenoxy) is 1. The van der Waals surface area contributed by atoms with Gasteiger partial charge in [0.25, 0.3) is 5.92 Å². The number of nitrogens with zero attached hydrogens (tertiary/aromatic N) is 3. The summed E-state index contributed by atoms with van der Waals surface area (Å²) in [5.41, 5.74) is -0.329. The summed E-state index contributed by atoms with van der Waals surface area (Å²) in [4.78, 5) is 21.6. The summed E-state index contributed by atoms with van der Waals surface area (Å²) in [5.74, 6) is -3.35. The summed E-state index contributed by atoms with van der Waals surface area (Å²) in [7, 11) is -3.82. The van der Waals surface area contributed by atoms with Gasteiger partial charge in [-0.3, -0.25) is 0 Å². The van der Waals surface area contributed by atoms with Crippen LogP contribution in [0.15, 0.2) is 5.16 Å². The van der Waals surface area contributed by atoms with Crippen LogP contribution in [-0.2, 0) is 26.9 Å². The van der Waals surface area contributed by atoms with Gasteiger partial charge in [-0.25, -0.2) is 23.2 Å². The largest absolute Gasteiger partial charge is 0.444 e. The molecule has 1 fully saturated rings. The predicted octanol–water partition coefficient (Wildman–Crippen LogP) is 3.03. The highest BCUT2D eigenvalue weighted by molar-refractivity contribution is 7.90. The minimum atomic E-state index is -3.82. The van der Waals surface area contributed by atoms with Crippen molar-refractivity contribution in [3.8, 4) is 0 Å². The summed E-state index contributed by atoms with van der Waals surface area (Å²) in [6.45, 7) is 6.14. The number of amides is 1. The molecule has 0 spiro atoms. The average Bonchev–Trinajstić information content (AvgIpc) is 2.87. The Morgan fingerprint density at radius 2 is 1.82 bits per heavy atom. The third kappa shape index (κ3) is 4.26. The highest BCUT2D eigenvalue weighted by Crippen LogP contribution is 2.44. The number of halogens is 2. The zero-order valence-corrected chi connectivity index (χ0v) is 17.3. The molecule has 1 amide bonds. The van der Waals surface area contributed by atoms with E-state index in [0.717, 1.165) is 6.26 Å². The number of aromatic nitrogens is 2. The second-order valence-electron chi connectivity index (χ2n) is 8.44. The average molecular weight is 417 g/mol. The predicted molar refractivity (Wildman–Crippen MR) is 97.1 cm³/mol. The number of rotatable bonds is 2. The molecule has 28 heavy (non-hydrogen) atoms. The maximum absolute atomic E-state index is 14.2. The Morgan fingerprint density at radius 1 is 1.21 bits per heavy atom. The van der Waals surface area contributed by atoms with E-state index in [-0.39, 0.29) is 12.3 Å². The van der Waals surface area contributed by atoms with E-state index in [9.17, 15) is 22.0 Å². The Kier molecular flexibility index (Phi) is 5.14. The van der Waals surface area contributed by atoms with Crippen LogP contribution in [0.25, 0.3) is 0 Å². The molecular formula is C18H25F2N3O4S. The Morgan fingerprint density at radius 3 is 2.36 bits per heavy atom. The van der Waals surface area contributed by atoms with E-state index in [2.05, 4.69) is 9.97 Å². The van der Waals surface area contributed by atoms with E-state index in [4.69, 9.17) is 4.74 Å². The molecule has 1 aliphatic carbocycles. The van der Waals surface area contributed by atoms with Crippen molar-refractivity contribution < 1.29 is 26.7 Å². The lowest BCUT2D eigenvalue weighted by atomic mass is 9.90. The van der Waals surface area contributed by atoms with Crippen molar-refractivity contribution in [2.75, 3.05) is 19.3 Å². The van der Waals surface area contributed by atoms with E-state index in [0.29, 0.717) is 37.2 Å². The second kappa shape index (κ2) is 6.89. The molecule has 0 unspecified atom stereocenters. The van der Waals surface area contributed by atoms with Gasteiger partial charge in [0.05, 0.1) is 5.69 Å². The Balaban J connectivity index is 1.86. The third-order valence-electron chi connectivity index (χ3n) is 4.92. The summed E-state index contributed by atoms with van der Waals surface area (Å²) >= 11 is 0. The zero-order chi connectivity index (χ0) is 20.9. The minimum absolute atomic E-state index is 0.119. The van der Waals surface area contributed by atoms with Crippen molar-refractivity contribution in [2.24, 2.45) is 0 Å². The minimum Gasteiger partial charge on any atom is -0.444 e. The van der Waals surface area contributed by atoms with Crippen LogP contribution in [0, 0.1) is 0 Å². The van der Waals surface area contributed by atoms with Crippen LogP contribution in [-0.4, -0.2) is 54.3 Å². The Labute approximate surface area is 163 Å². The Bertz CT molecular complexity index is 889. The summed E-state index contributed by atoms with van der Waals surface area (Å²) in [5, 5.41) is -0.558. The van der Waals surface area contributed by atoms with Crippen molar-refractivity contribution in [3.05, 3.63) is 17.0 Å². The molecule has 1 aromatic rings. The molecule has 2 heterocycles. The summed E-state index contributed by atoms with van der Waals surface area (Å²) < 4.78 is 57.6. The van der Waals surface area contributed by atoms with E-state index in [1.165, 1.54) is 0 Å². The molecule has 0 atom stereocenters. The molecule has 0 bridgehead atoms. The summed E-state index contributed by atoms with van der Waals surface area (Å²) in [6.07, 6.45) is 1.22. The van der Waals surface area contributed by atoms with Crippen LogP contribution in [0.2, 0.25) is 0 Å². The SMILES string of the molecule is CC(C)(C)OC(=O)N1CCC(c2nc(S(C)(=O)=O)nc3c2CCC3(F)F)CC1. The number of sulfone groups is 1. The number of carbonyl (C=O) groups is 1. The lowest BCUT2D eigenvalue weighted by Gasteiger charge is -2.33. The van der Waals surface area contributed by atoms with Crippen LogP contribution < -0.4 is 0 Å². The Hall–Kier alpha value is -1.84. The number of carbonyl (C=O) groups excluding carboxylic acids is 1. The highest BCUT2D eigenvalue weighted by Gasteiger charge is 2.44. The van der Waals surface area contributed by atoms with Crippen molar-refractivity contribution in [1.29, 1.82) is 0 Å². The second-order valence-corrected chi connectivity index (χ2v) is 10.3. The van der Waals surface area contributed by atoms with E-state index >= 15 is 0 Å². The van der Waals surface area contributed by atoms with Crippen molar-refractivity contribution in [3.63, 3.8) is 0 Å². The van der Waals surface area contributed by atoms with E-state index in [1.807, 2.05) is 0 Å². The first-order valence-corrected chi connectivity index (χ1v) is 11.1. The van der Waals surface area contributed by atoms with Gasteiger partial charge in [-0.1, -0.05) is 0 Å². The standard InChI is InChI=1S/C18H25F2N3O4S/c1-17(2,3)27-16(24)23-9-6-11(7-10-23)13-12-5-8-18(19,20)14(12)22-15(21-13)28(4,25)26/h11H,5-10H2,1-4H3. The molecule has 0 saturated carbocycles. The first kappa shape index (κ1) is 20.9. The lowest BCUT2D eigenvalue weighted by Crippen LogP contribution is -2.41. The summed E-state index contributed by atoms with van der Waals surface area (Å²) in [6, 6.07) is 0. The number of piperidine rings is 1. The molecule has 10 heteroatoms. The van der Waals surface area contributed by atoms with Crippen molar-refractivity contribution in [1.82, 2.24) is 14.9 Å². The van der Waals surface area contributed by atoms with E-state index < -0.39 is 44.7 Å². The van der Waals surface area contributed by atoms with Crippen molar-refractivity contribution in [2.45, 2.75) is 69.1 Å². The van der Waals surface area contributed by atoms with Crippen LogP contribution >= 0.6 is 0 Å². The van der Waals surface area contributed by atoms with Gasteiger partial charge in [0, 0.05) is 37.2 Å². The third-order valence-corrected chi connectivity index (χ3v) is 5.76. The molecule has 0 radical (unpaired) electrons. The quantitative estimate of drug-likeness (QED) is 0.687. The fourth-order valence-corrected chi connectivity index (χ4v) is 4.12. The first-order valence-electron chi connectivity index (χ1n) is 9.25. The van der Waals surface area contributed by atoms with Gasteiger partial charge >= 0.3 is 6.09 Å². The maximum Gasteiger partial charge on any atom is 0.410 e. The molecule has 7 nitrogen and oxygen atoms in total.